The number of hydrogen-bond donors (Lipinski definition) is 2. The summed E-state index contributed by atoms with van der Waals surface area (Å²) in [5.74, 6) is -0.608. The topological polar surface area (TPSA) is 64.3 Å². The summed E-state index contributed by atoms with van der Waals surface area (Å²) in [5, 5.41) is 2.81. The van der Waals surface area contributed by atoms with E-state index in [1.807, 2.05) is 0 Å². The van der Waals surface area contributed by atoms with E-state index in [2.05, 4.69) is 10.1 Å². The van der Waals surface area contributed by atoms with Crippen LogP contribution in [-0.4, -0.2) is 19.1 Å². The number of nitrogens with one attached hydrogen (secondary N) is 1. The Balaban J connectivity index is 3.00. The number of esters is 1. The molecule has 4 nitrogen and oxygen atoms in total. The molecule has 112 valence electrons. The van der Waals surface area contributed by atoms with Gasteiger partial charge in [-0.2, -0.15) is 13.2 Å². The molecule has 0 bridgehead atoms. The molecule has 0 radical (unpaired) electrons. The maximum Gasteiger partial charge on any atom is 0.416 e. The molecule has 7 heteroatoms. The predicted molar refractivity (Wildman–Crippen MR) is 70.1 cm³/mol. The zero-order chi connectivity index (χ0) is 15.5. The van der Waals surface area contributed by atoms with Crippen LogP contribution >= 0.6 is 0 Å². The average molecular weight is 290 g/mol. The zero-order valence-corrected chi connectivity index (χ0v) is 11.4. The van der Waals surface area contributed by atoms with Crippen LogP contribution in [0.1, 0.15) is 19.4 Å². The summed E-state index contributed by atoms with van der Waals surface area (Å²) >= 11 is 0. The normalized spacial score (nSPS) is 13.2. The summed E-state index contributed by atoms with van der Waals surface area (Å²) in [6.07, 6.45) is -4.45. The lowest BCUT2D eigenvalue weighted by Crippen LogP contribution is -2.35. The Hall–Kier alpha value is -1.92. The monoisotopic (exact) mass is 290 g/mol. The fraction of sp³-hybridized carbons (Fsp3) is 0.462. The van der Waals surface area contributed by atoms with Gasteiger partial charge in [0, 0.05) is 0 Å². The van der Waals surface area contributed by atoms with Crippen LogP contribution in [0.3, 0.4) is 0 Å². The van der Waals surface area contributed by atoms with Crippen LogP contribution in [0.15, 0.2) is 18.2 Å². The molecule has 0 saturated carbocycles. The van der Waals surface area contributed by atoms with Crippen molar-refractivity contribution >= 4 is 17.3 Å². The minimum atomic E-state index is -4.45. The quantitative estimate of drug-likeness (QED) is 0.661. The van der Waals surface area contributed by atoms with E-state index >= 15 is 0 Å². The summed E-state index contributed by atoms with van der Waals surface area (Å²) in [5.41, 5.74) is 4.95. The molecule has 1 rings (SSSR count). The van der Waals surface area contributed by atoms with Gasteiger partial charge in [0.25, 0.3) is 0 Å². The summed E-state index contributed by atoms with van der Waals surface area (Å²) in [6.45, 7) is 3.57. The number of carbonyl (C=O) groups is 1. The van der Waals surface area contributed by atoms with E-state index in [9.17, 15) is 18.0 Å². The van der Waals surface area contributed by atoms with Gasteiger partial charge in [0.2, 0.25) is 0 Å². The molecule has 0 fully saturated rings. The summed E-state index contributed by atoms with van der Waals surface area (Å²) in [7, 11) is 1.25. The first-order valence-electron chi connectivity index (χ1n) is 5.98. The van der Waals surface area contributed by atoms with Crippen LogP contribution < -0.4 is 11.1 Å². The highest BCUT2D eigenvalue weighted by molar-refractivity contribution is 5.81. The third-order valence-corrected chi connectivity index (χ3v) is 2.81. The van der Waals surface area contributed by atoms with Gasteiger partial charge in [-0.05, 0) is 24.1 Å². The Bertz CT molecular complexity index is 487. The van der Waals surface area contributed by atoms with Gasteiger partial charge in [-0.3, -0.25) is 0 Å². The number of benzene rings is 1. The second-order valence-corrected chi connectivity index (χ2v) is 4.69. The minimum Gasteiger partial charge on any atom is -0.467 e. The van der Waals surface area contributed by atoms with Crippen molar-refractivity contribution in [2.24, 2.45) is 5.92 Å². The van der Waals surface area contributed by atoms with Crippen molar-refractivity contribution in [3.8, 4) is 0 Å². The molecule has 1 unspecified atom stereocenters. The van der Waals surface area contributed by atoms with Crippen molar-refractivity contribution in [1.82, 2.24) is 0 Å². The van der Waals surface area contributed by atoms with Crippen molar-refractivity contribution in [1.29, 1.82) is 0 Å². The second kappa shape index (κ2) is 6.02. The molecular weight excluding hydrogens is 273 g/mol. The van der Waals surface area contributed by atoms with Crippen molar-refractivity contribution in [3.05, 3.63) is 23.8 Å². The van der Waals surface area contributed by atoms with Crippen LogP contribution in [0.4, 0.5) is 24.5 Å². The maximum atomic E-state index is 12.5. The number of halogens is 3. The van der Waals surface area contributed by atoms with Gasteiger partial charge < -0.3 is 15.8 Å². The summed E-state index contributed by atoms with van der Waals surface area (Å²) < 4.78 is 42.2. The number of carbonyl (C=O) groups excluding carboxylic acids is 1. The summed E-state index contributed by atoms with van der Waals surface area (Å²) in [4.78, 5) is 11.6. The number of nitrogens with two attached hydrogens (primary N) is 1. The maximum absolute atomic E-state index is 12.5. The number of alkyl halides is 3. The Morgan fingerprint density at radius 3 is 2.35 bits per heavy atom. The largest absolute Gasteiger partial charge is 0.467 e. The molecule has 0 heterocycles. The lowest BCUT2D eigenvalue weighted by atomic mass is 10.0. The van der Waals surface area contributed by atoms with Gasteiger partial charge >= 0.3 is 12.1 Å². The minimum absolute atomic E-state index is 0.0746. The van der Waals surface area contributed by atoms with Gasteiger partial charge in [0.1, 0.15) is 6.04 Å². The van der Waals surface area contributed by atoms with Crippen molar-refractivity contribution in [2.45, 2.75) is 26.1 Å². The van der Waals surface area contributed by atoms with Crippen LogP contribution in [0.2, 0.25) is 0 Å². The third-order valence-electron chi connectivity index (χ3n) is 2.81. The molecule has 1 aromatic carbocycles. The number of anilines is 2. The number of nitrogen functional groups attached to an aromatic ring is 1. The van der Waals surface area contributed by atoms with Crippen molar-refractivity contribution < 1.29 is 22.7 Å². The molecule has 20 heavy (non-hydrogen) atoms. The first-order valence-corrected chi connectivity index (χ1v) is 5.98. The average Bonchev–Trinajstić information content (AvgIpc) is 2.34. The standard InChI is InChI=1S/C13H17F3N2O2/c1-7(2)11(12(19)20-3)18-10-5-4-8(6-9(10)17)13(14,15)16/h4-7,11,18H,17H2,1-3H3. The van der Waals surface area contributed by atoms with E-state index in [0.29, 0.717) is 0 Å². The Kier molecular flexibility index (Phi) is 4.86. The lowest BCUT2D eigenvalue weighted by Gasteiger charge is -2.22. The number of rotatable bonds is 4. The zero-order valence-electron chi connectivity index (χ0n) is 11.4. The lowest BCUT2D eigenvalue weighted by molar-refractivity contribution is -0.142. The highest BCUT2D eigenvalue weighted by Gasteiger charge is 2.31. The van der Waals surface area contributed by atoms with E-state index in [-0.39, 0.29) is 17.3 Å². The Labute approximate surface area is 115 Å². The SMILES string of the molecule is COC(=O)C(Nc1ccc(C(F)(F)F)cc1N)C(C)C. The number of methoxy groups -OCH3 is 1. The first-order chi connectivity index (χ1) is 9.16. The van der Waals surface area contributed by atoms with E-state index in [0.717, 1.165) is 12.1 Å². The van der Waals surface area contributed by atoms with E-state index in [4.69, 9.17) is 5.73 Å². The molecule has 1 atom stereocenters. The number of ether oxygens (including phenoxy) is 1. The smallest absolute Gasteiger partial charge is 0.416 e. The van der Waals surface area contributed by atoms with Crippen molar-refractivity contribution in [3.63, 3.8) is 0 Å². The van der Waals surface area contributed by atoms with Crippen LogP contribution in [-0.2, 0) is 15.7 Å². The summed E-state index contributed by atoms with van der Waals surface area (Å²) in [6, 6.07) is 2.26. The first kappa shape index (κ1) is 16.1. The molecule has 0 spiro atoms. The van der Waals surface area contributed by atoms with Crippen molar-refractivity contribution in [2.75, 3.05) is 18.2 Å². The molecule has 0 aromatic heterocycles. The van der Waals surface area contributed by atoms with Crippen LogP contribution in [0.5, 0.6) is 0 Å². The van der Waals surface area contributed by atoms with Gasteiger partial charge in [0.15, 0.2) is 0 Å². The van der Waals surface area contributed by atoms with E-state index < -0.39 is 23.8 Å². The van der Waals surface area contributed by atoms with E-state index in [1.165, 1.54) is 13.2 Å². The third kappa shape index (κ3) is 3.79. The van der Waals surface area contributed by atoms with Gasteiger partial charge in [-0.15, -0.1) is 0 Å². The Morgan fingerprint density at radius 1 is 1.35 bits per heavy atom. The van der Waals surface area contributed by atoms with E-state index in [1.54, 1.807) is 13.8 Å². The van der Waals surface area contributed by atoms with Gasteiger partial charge in [-0.1, -0.05) is 13.8 Å². The molecule has 0 saturated heterocycles. The Morgan fingerprint density at radius 2 is 1.95 bits per heavy atom. The van der Waals surface area contributed by atoms with Gasteiger partial charge in [0.05, 0.1) is 24.0 Å². The van der Waals surface area contributed by atoms with Crippen LogP contribution in [0.25, 0.3) is 0 Å². The molecular formula is C13H17F3N2O2. The second-order valence-electron chi connectivity index (χ2n) is 4.69. The number of hydrogen-bond acceptors (Lipinski definition) is 4. The fourth-order valence-electron chi connectivity index (χ4n) is 1.66. The molecule has 0 aliphatic rings. The highest BCUT2D eigenvalue weighted by atomic mass is 19.4. The highest BCUT2D eigenvalue weighted by Crippen LogP contribution is 2.33. The molecule has 0 aliphatic carbocycles. The molecule has 0 aliphatic heterocycles. The molecule has 1 aromatic rings. The predicted octanol–water partition coefficient (Wildman–Crippen LogP) is 2.90. The van der Waals surface area contributed by atoms with Crippen LogP contribution in [0, 0.1) is 5.92 Å². The van der Waals surface area contributed by atoms with Gasteiger partial charge in [-0.25, -0.2) is 4.79 Å². The molecule has 3 N–H and O–H groups in total. The fourth-order valence-corrected chi connectivity index (χ4v) is 1.66. The molecule has 0 amide bonds.